The van der Waals surface area contributed by atoms with Crippen molar-refractivity contribution in [3.63, 3.8) is 0 Å². The molecule has 2 aromatic carbocycles. The minimum absolute atomic E-state index is 0.119. The van der Waals surface area contributed by atoms with E-state index in [0.717, 1.165) is 35.3 Å². The fourth-order valence-corrected chi connectivity index (χ4v) is 5.72. The molecule has 1 aliphatic rings. The minimum atomic E-state index is -1.79. The highest BCUT2D eigenvalue weighted by molar-refractivity contribution is 6.17. The van der Waals surface area contributed by atoms with Crippen LogP contribution in [0.2, 0.25) is 0 Å². The van der Waals surface area contributed by atoms with Crippen LogP contribution in [-0.2, 0) is 17.6 Å². The average molecular weight is 592 g/mol. The van der Waals surface area contributed by atoms with Gasteiger partial charge in [-0.1, -0.05) is 42.5 Å². The summed E-state index contributed by atoms with van der Waals surface area (Å²) in [7, 11) is 0. The number of nitrogens with two attached hydrogens (primary N) is 1. The van der Waals surface area contributed by atoms with Crippen LogP contribution in [0.5, 0.6) is 5.75 Å². The molecule has 1 unspecified atom stereocenters. The van der Waals surface area contributed by atoms with Crippen molar-refractivity contribution in [2.24, 2.45) is 0 Å². The first-order valence-corrected chi connectivity index (χ1v) is 14.4. The van der Waals surface area contributed by atoms with Gasteiger partial charge in [0, 0.05) is 17.1 Å². The zero-order valence-corrected chi connectivity index (χ0v) is 24.0. The number of halogens is 1. The van der Waals surface area contributed by atoms with Crippen molar-refractivity contribution in [3.05, 3.63) is 71.7 Å². The predicted octanol–water partition coefficient (Wildman–Crippen LogP) is 3.74. The van der Waals surface area contributed by atoms with Gasteiger partial charge in [-0.2, -0.15) is 5.26 Å². The van der Waals surface area contributed by atoms with Gasteiger partial charge in [-0.15, -0.1) is 11.6 Å². The van der Waals surface area contributed by atoms with Crippen molar-refractivity contribution in [1.29, 1.82) is 5.26 Å². The molecule has 1 aliphatic heterocycles. The van der Waals surface area contributed by atoms with E-state index in [1.807, 2.05) is 48.5 Å². The Morgan fingerprint density at radius 1 is 1.17 bits per heavy atom. The lowest BCUT2D eigenvalue weighted by molar-refractivity contribution is -0.0958. The number of rotatable bonds is 11. The van der Waals surface area contributed by atoms with Crippen molar-refractivity contribution >= 4 is 28.5 Å². The molecule has 0 spiro atoms. The van der Waals surface area contributed by atoms with E-state index in [1.165, 1.54) is 13.3 Å². The molecule has 4 aromatic rings. The van der Waals surface area contributed by atoms with E-state index in [4.69, 9.17) is 26.8 Å². The fourth-order valence-electron chi connectivity index (χ4n) is 5.53. The number of aliphatic hydroxyl groups is 3. The summed E-state index contributed by atoms with van der Waals surface area (Å²) >= 11 is 5.85. The summed E-state index contributed by atoms with van der Waals surface area (Å²) in [6, 6.07) is 18.3. The quantitative estimate of drug-likeness (QED) is 0.150. The van der Waals surface area contributed by atoms with Gasteiger partial charge >= 0.3 is 0 Å². The smallest absolute Gasteiger partial charge is 0.167 e. The lowest BCUT2D eigenvalue weighted by Crippen LogP contribution is -2.44. The maximum Gasteiger partial charge on any atom is 0.167 e. The second-order valence-electron chi connectivity index (χ2n) is 10.6. The molecule has 0 amide bonds. The summed E-state index contributed by atoms with van der Waals surface area (Å²) in [6.07, 6.45) is 0.290. The highest BCUT2D eigenvalue weighted by Crippen LogP contribution is 2.43. The molecule has 42 heavy (non-hydrogen) atoms. The van der Waals surface area contributed by atoms with Gasteiger partial charge in [0.25, 0.3) is 0 Å². The van der Waals surface area contributed by atoms with Crippen LogP contribution in [0, 0.1) is 11.3 Å². The zero-order valence-electron chi connectivity index (χ0n) is 23.3. The van der Waals surface area contributed by atoms with Crippen LogP contribution < -0.4 is 10.5 Å². The van der Waals surface area contributed by atoms with Crippen molar-refractivity contribution in [2.45, 2.75) is 56.6 Å². The summed E-state index contributed by atoms with van der Waals surface area (Å²) in [6.45, 7) is 1.47. The van der Waals surface area contributed by atoms with E-state index >= 15 is 0 Å². The number of alkyl halides is 1. The van der Waals surface area contributed by atoms with E-state index in [2.05, 4.69) is 16.0 Å². The number of aromatic nitrogens is 3. The molecule has 2 aromatic heterocycles. The van der Waals surface area contributed by atoms with E-state index < -0.39 is 30.6 Å². The Hall–Kier alpha value is -3.72. The number of fused-ring (bicyclic) bond motifs is 1. The topological polar surface area (TPSA) is 160 Å². The lowest BCUT2D eigenvalue weighted by Gasteiger charge is -2.29. The number of ether oxygens (including phenoxy) is 2. The van der Waals surface area contributed by atoms with Crippen molar-refractivity contribution in [3.8, 4) is 22.9 Å². The van der Waals surface area contributed by atoms with Gasteiger partial charge < -0.3 is 30.5 Å². The number of nitrogens with zero attached hydrogens (tertiary/aromatic N) is 4. The molecule has 0 radical (unpaired) electrons. The molecule has 220 valence electrons. The summed E-state index contributed by atoms with van der Waals surface area (Å²) in [5.41, 5.74) is 8.47. The third kappa shape index (κ3) is 5.54. The summed E-state index contributed by atoms with van der Waals surface area (Å²) in [4.78, 5) is 8.45. The molecule has 0 aliphatic carbocycles. The van der Waals surface area contributed by atoms with E-state index in [1.54, 1.807) is 4.57 Å². The van der Waals surface area contributed by atoms with Crippen LogP contribution >= 0.6 is 11.6 Å². The Morgan fingerprint density at radius 3 is 2.64 bits per heavy atom. The summed E-state index contributed by atoms with van der Waals surface area (Å²) in [5, 5.41) is 42.3. The zero-order chi connectivity index (χ0) is 29.9. The molecule has 0 saturated carbocycles. The molecule has 1 saturated heterocycles. The maximum atomic E-state index is 11.3. The number of aryl methyl sites for hydroxylation is 1. The first-order chi connectivity index (χ1) is 20.3. The second-order valence-corrected chi connectivity index (χ2v) is 11.0. The van der Waals surface area contributed by atoms with Crippen molar-refractivity contribution < 1.29 is 24.8 Å². The van der Waals surface area contributed by atoms with Crippen LogP contribution in [0.15, 0.2) is 54.9 Å². The Bertz CT molecular complexity index is 1590. The molecule has 0 bridgehead atoms. The highest BCUT2D eigenvalue weighted by atomic mass is 35.5. The standard InChI is InChI=1S/C31H34ClN5O5/c1-31(40)27(39)25(17-38)42-30(31)37-23(22(16-33)26-28(34)35-18-36-29(26)37)12-10-19-9-11-21(20-7-3-2-4-8-20)24(15-19)41-14-6-5-13-32/h2-4,7-9,11,15,18,25,27,30,38-40H,5-6,10,12-14,17H2,1H3,(H2,34,35,36)/t25-,27-,30?,31-/m1/s1. The van der Waals surface area contributed by atoms with Crippen molar-refractivity contribution in [2.75, 3.05) is 24.8 Å². The van der Waals surface area contributed by atoms with Crippen LogP contribution in [0.4, 0.5) is 5.82 Å². The summed E-state index contributed by atoms with van der Waals surface area (Å²) < 4.78 is 13.8. The van der Waals surface area contributed by atoms with Crippen molar-refractivity contribution in [1.82, 2.24) is 14.5 Å². The van der Waals surface area contributed by atoms with E-state index in [-0.39, 0.29) is 11.4 Å². The Morgan fingerprint density at radius 2 is 1.95 bits per heavy atom. The van der Waals surface area contributed by atoms with Gasteiger partial charge in [-0.05, 0) is 49.8 Å². The van der Waals surface area contributed by atoms with Crippen LogP contribution in [0.25, 0.3) is 22.2 Å². The third-order valence-corrected chi connectivity index (χ3v) is 8.03. The first kappa shape index (κ1) is 29.8. The number of nitriles is 1. The molecular formula is C31H34ClN5O5. The summed E-state index contributed by atoms with van der Waals surface area (Å²) in [5.74, 6) is 1.45. The molecule has 5 rings (SSSR count). The molecule has 11 heteroatoms. The normalized spacial score (nSPS) is 22.0. The Kier molecular flexibility index (Phi) is 8.96. The largest absolute Gasteiger partial charge is 0.493 e. The molecule has 10 nitrogen and oxygen atoms in total. The highest BCUT2D eigenvalue weighted by Gasteiger charge is 2.54. The van der Waals surface area contributed by atoms with Gasteiger partial charge in [0.05, 0.1) is 24.2 Å². The molecular weight excluding hydrogens is 558 g/mol. The minimum Gasteiger partial charge on any atom is -0.493 e. The van der Waals surface area contributed by atoms with Crippen LogP contribution in [-0.4, -0.2) is 66.8 Å². The monoisotopic (exact) mass is 591 g/mol. The number of aliphatic hydroxyl groups excluding tert-OH is 2. The number of benzene rings is 2. The predicted molar refractivity (Wildman–Crippen MR) is 159 cm³/mol. The van der Waals surface area contributed by atoms with Crippen LogP contribution in [0.1, 0.15) is 42.8 Å². The number of nitrogen functional groups attached to an aromatic ring is 1. The van der Waals surface area contributed by atoms with Gasteiger partial charge in [-0.3, -0.25) is 4.57 Å². The van der Waals surface area contributed by atoms with Gasteiger partial charge in [0.2, 0.25) is 0 Å². The second kappa shape index (κ2) is 12.7. The number of anilines is 1. The third-order valence-electron chi connectivity index (χ3n) is 7.76. The number of hydrogen-bond acceptors (Lipinski definition) is 9. The van der Waals surface area contributed by atoms with Gasteiger partial charge in [0.1, 0.15) is 47.4 Å². The SMILES string of the molecule is C[C@]1(O)C(n2c(CCc3ccc(-c4ccccc4)c(OCCCCCl)c3)c(C#N)c3c(N)ncnc32)O[C@H](CO)[C@H]1O. The van der Waals surface area contributed by atoms with Gasteiger partial charge in [-0.25, -0.2) is 9.97 Å². The fraction of sp³-hybridized carbons (Fsp3) is 0.387. The van der Waals surface area contributed by atoms with Gasteiger partial charge in [0.15, 0.2) is 6.23 Å². The molecule has 3 heterocycles. The average Bonchev–Trinajstić information content (AvgIpc) is 3.44. The number of unbranched alkanes of at least 4 members (excludes halogenated alkanes) is 1. The first-order valence-electron chi connectivity index (χ1n) is 13.9. The molecule has 4 atom stereocenters. The van der Waals surface area contributed by atoms with Crippen LogP contribution in [0.3, 0.4) is 0 Å². The molecule has 1 fully saturated rings. The Labute approximate surface area is 248 Å². The number of hydrogen-bond donors (Lipinski definition) is 4. The van der Waals surface area contributed by atoms with E-state index in [9.17, 15) is 20.6 Å². The molecule has 5 N–H and O–H groups in total. The van der Waals surface area contributed by atoms with E-state index in [0.29, 0.717) is 42.1 Å². The maximum absolute atomic E-state index is 11.3. The lowest BCUT2D eigenvalue weighted by atomic mass is 9.96. The Balaban J connectivity index is 1.54.